The van der Waals surface area contributed by atoms with E-state index in [1.165, 1.54) is 29.1 Å². The van der Waals surface area contributed by atoms with Gasteiger partial charge in [0, 0.05) is 75.8 Å². The molecular formula is C50H51F2N9O8S. The standard InChI is InChI=1S/C50H51F2N9O8S/c1-2-57(35-22-38(23-35)68-36-7-9-39-31(21-36)27-60(49(39)64)45-13-14-46(62)55-48(45)63)26-30-15-18-58(19-16-30)33-3-5-34(6-4-33)61-29-54-43-11-8-37(24-40(43)50(61)65)69-47-41(25-53)44(12-10-42(47)52)56-70(66,67)59-20-17-32(51)28-59/h3-12,21,24,29-30,32,35,38,45,56H,2,13-20,22-23,26-28H2,1H3,(H,55,62,63)/t32-,35-,38-,45+/m1/s1. The second-order valence-electron chi connectivity index (χ2n) is 18.6. The molecule has 364 valence electrons. The van der Waals surface area contributed by atoms with Crippen molar-refractivity contribution in [3.05, 3.63) is 112 Å². The predicted octanol–water partition coefficient (Wildman–Crippen LogP) is 5.80. The summed E-state index contributed by atoms with van der Waals surface area (Å²) in [5, 5.41) is 12.5. The molecule has 5 aromatic rings. The molecule has 0 radical (unpaired) electrons. The quantitative estimate of drug-likeness (QED) is 0.127. The molecule has 3 saturated heterocycles. The van der Waals surface area contributed by atoms with Gasteiger partial charge >= 0.3 is 10.2 Å². The van der Waals surface area contributed by atoms with E-state index >= 15 is 4.39 Å². The van der Waals surface area contributed by atoms with E-state index in [1.54, 1.807) is 17.0 Å². The molecular weight excluding hydrogens is 925 g/mol. The van der Waals surface area contributed by atoms with E-state index in [9.17, 15) is 37.2 Å². The Balaban J connectivity index is 0.725. The highest BCUT2D eigenvalue weighted by molar-refractivity contribution is 7.90. The number of hydrogen-bond donors (Lipinski definition) is 2. The highest BCUT2D eigenvalue weighted by atomic mass is 32.2. The maximum atomic E-state index is 15.2. The van der Waals surface area contributed by atoms with Crippen LogP contribution in [0.25, 0.3) is 16.6 Å². The van der Waals surface area contributed by atoms with Gasteiger partial charge in [0.05, 0.1) is 22.3 Å². The van der Waals surface area contributed by atoms with E-state index in [1.807, 2.05) is 36.4 Å². The Kier molecular flexibility index (Phi) is 12.8. The minimum Gasteiger partial charge on any atom is -0.490 e. The number of nitriles is 1. The highest BCUT2D eigenvalue weighted by Crippen LogP contribution is 2.37. The molecule has 17 nitrogen and oxygen atoms in total. The number of piperidine rings is 2. The lowest BCUT2D eigenvalue weighted by atomic mass is 9.86. The lowest BCUT2D eigenvalue weighted by Crippen LogP contribution is -2.52. The molecule has 0 spiro atoms. The molecule has 4 aliphatic heterocycles. The van der Waals surface area contributed by atoms with Crippen LogP contribution in [0.4, 0.5) is 20.2 Å². The zero-order valence-corrected chi connectivity index (χ0v) is 39.2. The van der Waals surface area contributed by atoms with Gasteiger partial charge < -0.3 is 24.2 Å². The third kappa shape index (κ3) is 9.28. The summed E-state index contributed by atoms with van der Waals surface area (Å²) < 4.78 is 71.6. The zero-order valence-electron chi connectivity index (χ0n) is 38.4. The van der Waals surface area contributed by atoms with Crippen LogP contribution in [0.3, 0.4) is 0 Å². The molecule has 5 aliphatic rings. The molecule has 1 aliphatic carbocycles. The molecule has 4 aromatic carbocycles. The van der Waals surface area contributed by atoms with Crippen molar-refractivity contribution in [3.8, 4) is 29.0 Å². The second-order valence-corrected chi connectivity index (χ2v) is 20.3. The van der Waals surface area contributed by atoms with E-state index in [0.717, 1.165) is 79.6 Å². The molecule has 2 N–H and O–H groups in total. The summed E-state index contributed by atoms with van der Waals surface area (Å²) in [6.07, 6.45) is 4.67. The van der Waals surface area contributed by atoms with Crippen LogP contribution in [0.15, 0.2) is 83.9 Å². The number of halogens is 2. The van der Waals surface area contributed by atoms with Gasteiger partial charge in [0.25, 0.3) is 11.5 Å². The fourth-order valence-corrected chi connectivity index (χ4v) is 11.5. The number of carbonyl (C=O) groups excluding carboxylic acids is 3. The second kappa shape index (κ2) is 19.1. The number of benzene rings is 4. The van der Waals surface area contributed by atoms with Crippen molar-refractivity contribution in [2.24, 2.45) is 5.92 Å². The Morgan fingerprint density at radius 1 is 0.929 bits per heavy atom. The van der Waals surface area contributed by atoms with E-state index in [0.29, 0.717) is 47.4 Å². The number of nitrogens with zero attached hydrogens (tertiary/aromatic N) is 7. The number of hydrogen-bond acceptors (Lipinski definition) is 12. The largest absolute Gasteiger partial charge is 0.490 e. The average Bonchev–Trinajstić information content (AvgIpc) is 3.93. The summed E-state index contributed by atoms with van der Waals surface area (Å²) in [6, 6.07) is 21.2. The molecule has 10 rings (SSSR count). The van der Waals surface area contributed by atoms with Gasteiger partial charge in [-0.3, -0.25) is 33.8 Å². The van der Waals surface area contributed by atoms with Crippen LogP contribution < -0.4 is 30.0 Å². The number of rotatable bonds is 14. The molecule has 70 heavy (non-hydrogen) atoms. The minimum atomic E-state index is -4.24. The summed E-state index contributed by atoms with van der Waals surface area (Å²) in [6.45, 7) is 5.86. The van der Waals surface area contributed by atoms with Crippen LogP contribution in [-0.2, 0) is 26.3 Å². The average molecular weight is 976 g/mol. The van der Waals surface area contributed by atoms with E-state index < -0.39 is 51.0 Å². The molecule has 0 bridgehead atoms. The summed E-state index contributed by atoms with van der Waals surface area (Å²) in [4.78, 5) is 62.0. The highest BCUT2D eigenvalue weighted by Gasteiger charge is 2.40. The lowest BCUT2D eigenvalue weighted by molar-refractivity contribution is -0.136. The maximum absolute atomic E-state index is 15.2. The van der Waals surface area contributed by atoms with Gasteiger partial charge in [-0.1, -0.05) is 6.92 Å². The van der Waals surface area contributed by atoms with E-state index in [-0.39, 0.29) is 60.7 Å². The Morgan fingerprint density at radius 3 is 2.40 bits per heavy atom. The first kappa shape index (κ1) is 46.8. The van der Waals surface area contributed by atoms with Gasteiger partial charge in [0.15, 0.2) is 11.6 Å². The number of anilines is 2. The number of nitrogens with one attached hydrogen (secondary N) is 2. The summed E-state index contributed by atoms with van der Waals surface area (Å²) in [7, 11) is -4.24. The monoisotopic (exact) mass is 975 g/mol. The number of amides is 3. The fraction of sp³-hybridized carbons (Fsp3) is 0.400. The third-order valence-electron chi connectivity index (χ3n) is 14.2. The Hall–Kier alpha value is -6.95. The normalized spacial score (nSPS) is 22.0. The minimum absolute atomic E-state index is 0.0150. The number of carbonyl (C=O) groups is 3. The number of imide groups is 1. The van der Waals surface area contributed by atoms with Crippen LogP contribution in [0.5, 0.6) is 17.2 Å². The van der Waals surface area contributed by atoms with E-state index in [4.69, 9.17) is 9.47 Å². The van der Waals surface area contributed by atoms with Crippen LogP contribution in [-0.4, -0.2) is 113 Å². The number of fused-ring (bicyclic) bond motifs is 2. The van der Waals surface area contributed by atoms with Crippen molar-refractivity contribution in [3.63, 3.8) is 0 Å². The Morgan fingerprint density at radius 2 is 1.69 bits per heavy atom. The van der Waals surface area contributed by atoms with Crippen LogP contribution >= 0.6 is 0 Å². The van der Waals surface area contributed by atoms with Gasteiger partial charge in [-0.05, 0) is 117 Å². The van der Waals surface area contributed by atoms with Crippen LogP contribution in [0.2, 0.25) is 0 Å². The number of aromatic nitrogens is 2. The fourth-order valence-electron chi connectivity index (χ4n) is 10.2. The SMILES string of the molecule is CCN(CC1CCN(c2ccc(-n3cnc4ccc(Oc5c(F)ccc(NS(=O)(=O)N6CC[C@@H](F)C6)c5C#N)cc4c3=O)cc2)CC1)[C@H]1C[C@H](Oc2ccc3c(c2)CN([C@H]2CCC(=O)NC2=O)C3=O)C1. The van der Waals surface area contributed by atoms with Crippen molar-refractivity contribution >= 4 is 50.2 Å². The molecule has 4 fully saturated rings. The van der Waals surface area contributed by atoms with Crippen LogP contribution in [0.1, 0.15) is 73.4 Å². The van der Waals surface area contributed by atoms with Gasteiger partial charge in [0.1, 0.15) is 47.8 Å². The first-order chi connectivity index (χ1) is 33.7. The predicted molar refractivity (Wildman–Crippen MR) is 254 cm³/mol. The summed E-state index contributed by atoms with van der Waals surface area (Å²) in [5.74, 6) is -1.15. The summed E-state index contributed by atoms with van der Waals surface area (Å²) >= 11 is 0. The zero-order chi connectivity index (χ0) is 48.8. The van der Waals surface area contributed by atoms with Crippen molar-refractivity contribution in [2.45, 2.75) is 82.8 Å². The number of alkyl halides is 1. The molecule has 0 unspecified atom stereocenters. The molecule has 1 saturated carbocycles. The first-order valence-electron chi connectivity index (χ1n) is 23.6. The molecule has 5 heterocycles. The van der Waals surface area contributed by atoms with Gasteiger partial charge in [0.2, 0.25) is 11.8 Å². The van der Waals surface area contributed by atoms with E-state index in [2.05, 4.69) is 31.7 Å². The Bertz CT molecular complexity index is 3100. The van der Waals surface area contributed by atoms with Crippen LogP contribution in [0, 0.1) is 23.1 Å². The van der Waals surface area contributed by atoms with Crippen molar-refractivity contribution in [1.82, 2.24) is 29.0 Å². The molecule has 20 heteroatoms. The van der Waals surface area contributed by atoms with Gasteiger partial charge in [-0.15, -0.1) is 0 Å². The maximum Gasteiger partial charge on any atom is 0.301 e. The molecule has 2 atom stereocenters. The lowest BCUT2D eigenvalue weighted by Gasteiger charge is -2.44. The Labute approximate surface area is 402 Å². The van der Waals surface area contributed by atoms with Crippen molar-refractivity contribution in [1.29, 1.82) is 5.26 Å². The van der Waals surface area contributed by atoms with Crippen molar-refractivity contribution in [2.75, 3.05) is 48.9 Å². The first-order valence-corrected chi connectivity index (χ1v) is 25.1. The number of ether oxygens (including phenoxy) is 2. The van der Waals surface area contributed by atoms with Gasteiger partial charge in [-0.2, -0.15) is 18.0 Å². The summed E-state index contributed by atoms with van der Waals surface area (Å²) in [5.41, 5.74) is 2.30. The third-order valence-corrected chi connectivity index (χ3v) is 15.7. The van der Waals surface area contributed by atoms with Gasteiger partial charge in [-0.25, -0.2) is 13.8 Å². The smallest absolute Gasteiger partial charge is 0.301 e. The van der Waals surface area contributed by atoms with Crippen molar-refractivity contribution < 1.29 is 41.1 Å². The molecule has 1 aromatic heterocycles. The molecule has 3 amide bonds. The topological polar surface area (TPSA) is 200 Å².